The summed E-state index contributed by atoms with van der Waals surface area (Å²) in [7, 11) is 9.72. The van der Waals surface area contributed by atoms with Crippen LogP contribution in [0.15, 0.2) is 97.1 Å². The molecular formula is C72H119Cl3N8O18. The van der Waals surface area contributed by atoms with Gasteiger partial charge in [0.2, 0.25) is 0 Å². The molecule has 29 heteroatoms. The summed E-state index contributed by atoms with van der Waals surface area (Å²) < 4.78 is 38.6. The number of benzene rings is 4. The van der Waals surface area contributed by atoms with Gasteiger partial charge in [0.05, 0.1) is 11.9 Å². The molecule has 0 radical (unpaired) electrons. The minimum atomic E-state index is -1.06. The van der Waals surface area contributed by atoms with Crippen molar-refractivity contribution in [3.05, 3.63) is 119 Å². The molecule has 0 fully saturated rings. The molecule has 0 spiro atoms. The first-order valence-electron chi connectivity index (χ1n) is 32.5. The van der Waals surface area contributed by atoms with E-state index in [9.17, 15) is 38.4 Å². The molecule has 4 rings (SSSR count). The van der Waals surface area contributed by atoms with E-state index in [2.05, 4.69) is 45.8 Å². The second-order valence-electron chi connectivity index (χ2n) is 25.4. The van der Waals surface area contributed by atoms with Gasteiger partial charge in [-0.05, 0) is 231 Å². The number of carbonyl (C=O) groups is 8. The lowest BCUT2D eigenvalue weighted by atomic mass is 10.1. The van der Waals surface area contributed by atoms with Crippen molar-refractivity contribution < 1.29 is 86.5 Å². The fourth-order valence-corrected chi connectivity index (χ4v) is 6.22. The van der Waals surface area contributed by atoms with Crippen LogP contribution in [0.2, 0.25) is 0 Å². The lowest BCUT2D eigenvalue weighted by molar-refractivity contribution is -0.140. The Balaban J connectivity index is -0.000000358. The predicted molar refractivity (Wildman–Crippen MR) is 401 cm³/mol. The predicted octanol–water partition coefficient (Wildman–Crippen LogP) is 14.5. The largest absolute Gasteiger partial charge is 0.519 e. The van der Waals surface area contributed by atoms with Crippen molar-refractivity contribution in [1.82, 2.24) is 30.2 Å². The van der Waals surface area contributed by atoms with Crippen molar-refractivity contribution in [2.24, 2.45) is 11.5 Å². The van der Waals surface area contributed by atoms with Gasteiger partial charge in [-0.2, -0.15) is 0 Å². The number of alkyl halides is 2. The summed E-state index contributed by atoms with van der Waals surface area (Å²) in [5.74, 6) is 1.38. The van der Waals surface area contributed by atoms with Gasteiger partial charge in [-0.15, -0.1) is 23.2 Å². The summed E-state index contributed by atoms with van der Waals surface area (Å²) in [5.41, 5.74) is 12.8. The van der Waals surface area contributed by atoms with Crippen molar-refractivity contribution >= 4 is 82.8 Å². The van der Waals surface area contributed by atoms with Crippen LogP contribution in [0.3, 0.4) is 0 Å². The standard InChI is InChI=1S/C16H24N2O4.C13H19NO3.C11H16N2O2.C10H18O5.C8H11NO.C6H15N.C4H8O2.C3H6ClNO.CH2Cl2/c1-16(2,3)22-14(19)17-11-10-12-6-8-13(9-7-12)21-15(20)18(4)5;1-13(2,3)17-12(16)14-9-8-10-4-6-11(15)7-5-10;1-13(2)11(14)15-10-5-3-9(4-6-10)7-8-12;1-9(2,3)14-7(11)13-8(12)15-10(4,5)6;9-6-5-7-1-3-8(10)4-2-7;1-4-7(5-2)6-3;1-3-6-4(2)5;1-5(2)3(4)6;2-1-3/h6-9H,10-11H2,1-5H3,(H,17,19);4-7,15H,8-9H2,1-3H3,(H,14,16);3-6H,7-8,12H2,1-2H3;1-6H3;1-4,10H,5-6,9H2;4-6H2,1-3H3;3H2,1-2H3;1-2H3;1H2. The third-order valence-electron chi connectivity index (χ3n) is 10.9. The van der Waals surface area contributed by atoms with Crippen molar-refractivity contribution in [1.29, 1.82) is 0 Å². The van der Waals surface area contributed by atoms with Crippen LogP contribution in [0, 0.1) is 0 Å². The normalized spacial score (nSPS) is 10.2. The Kier molecular flexibility index (Phi) is 58.0. The average Bonchev–Trinajstić information content (AvgIpc) is 0.920. The topological polar surface area (TPSA) is 340 Å². The number of nitrogens with two attached hydrogens (primary N) is 2. The van der Waals surface area contributed by atoms with E-state index >= 15 is 0 Å². The lowest BCUT2D eigenvalue weighted by Crippen LogP contribution is -2.33. The molecule has 0 bridgehead atoms. The van der Waals surface area contributed by atoms with Crippen LogP contribution in [0.4, 0.5) is 33.6 Å². The first-order valence-corrected chi connectivity index (χ1v) is 34.0. The van der Waals surface area contributed by atoms with Crippen molar-refractivity contribution in [2.45, 2.75) is 166 Å². The summed E-state index contributed by atoms with van der Waals surface area (Å²) in [6.07, 6.45) is -0.655. The van der Waals surface area contributed by atoms with E-state index < -0.39 is 58.4 Å². The van der Waals surface area contributed by atoms with Crippen LogP contribution in [-0.4, -0.2) is 200 Å². The molecule has 4 aromatic carbocycles. The molecule has 0 saturated heterocycles. The molecule has 5 amide bonds. The first kappa shape index (κ1) is 102. The van der Waals surface area contributed by atoms with Crippen LogP contribution >= 0.6 is 34.8 Å². The van der Waals surface area contributed by atoms with Gasteiger partial charge in [0.25, 0.3) is 0 Å². The summed E-state index contributed by atoms with van der Waals surface area (Å²) in [4.78, 5) is 93.5. The number of nitrogens with zero attached hydrogens (tertiary/aromatic N) is 4. The van der Waals surface area contributed by atoms with Crippen LogP contribution in [0.1, 0.15) is 140 Å². The first-order chi connectivity index (χ1) is 46.7. The molecule has 8 N–H and O–H groups in total. The van der Waals surface area contributed by atoms with E-state index in [4.69, 9.17) is 84.9 Å². The maximum absolute atomic E-state index is 11.5. The fraction of sp³-hybridized carbons (Fsp3) is 0.556. The van der Waals surface area contributed by atoms with E-state index in [-0.39, 0.29) is 23.2 Å². The number of ether oxygens (including phenoxy) is 8. The number of esters is 1. The number of rotatable bonds is 16. The summed E-state index contributed by atoms with van der Waals surface area (Å²) in [6.45, 7) is 37.0. The summed E-state index contributed by atoms with van der Waals surface area (Å²) in [5, 5.41) is 23.1. The SMILES string of the molecule is CC(C)(C)OC(=O)NCCc1ccc(O)cc1.CC(C)(C)OC(=O)OC(=O)OC(C)(C)C.CCN(CC)CC.CCOC(C)=O.CN(C)C(=O)Cl.CN(C)C(=O)Oc1ccc(CCN)cc1.CN(C)C(=O)Oc1ccc(CCNC(=O)OC(C)(C)C)cc1.ClCCl.NCCc1ccc(O)cc1. The number of phenolic OH excluding ortho intramolecular Hbond substituents is 2. The van der Waals surface area contributed by atoms with Gasteiger partial charge in [0, 0.05) is 62.3 Å². The number of phenols is 2. The zero-order chi connectivity index (χ0) is 79.1. The third kappa shape index (κ3) is 70.2. The van der Waals surface area contributed by atoms with Gasteiger partial charge in [0.1, 0.15) is 45.4 Å². The highest BCUT2D eigenvalue weighted by Gasteiger charge is 2.24. The summed E-state index contributed by atoms with van der Waals surface area (Å²) in [6, 6.07) is 28.5. The summed E-state index contributed by atoms with van der Waals surface area (Å²) >= 11 is 14.4. The maximum Gasteiger partial charge on any atom is 0.519 e. The molecule has 0 saturated carbocycles. The van der Waals surface area contributed by atoms with Gasteiger partial charge >= 0.3 is 48.0 Å². The number of halogens is 3. The minimum absolute atomic E-state index is 0.194. The fourth-order valence-electron chi connectivity index (χ4n) is 6.22. The van der Waals surface area contributed by atoms with E-state index in [1.165, 1.54) is 46.8 Å². The zero-order valence-corrected chi connectivity index (χ0v) is 66.2. The van der Waals surface area contributed by atoms with Gasteiger partial charge in [-0.1, -0.05) is 69.3 Å². The maximum atomic E-state index is 11.5. The van der Waals surface area contributed by atoms with Crippen LogP contribution in [0.5, 0.6) is 23.0 Å². The van der Waals surface area contributed by atoms with Gasteiger partial charge in [-0.3, -0.25) is 9.59 Å². The highest BCUT2D eigenvalue weighted by molar-refractivity contribution is 6.62. The number of aromatic hydroxyl groups is 2. The third-order valence-corrected chi connectivity index (χ3v) is 11.2. The van der Waals surface area contributed by atoms with Crippen molar-refractivity contribution in [3.63, 3.8) is 0 Å². The Hall–Kier alpha value is -8.01. The minimum Gasteiger partial charge on any atom is -0.508 e. The number of carbonyl (C=O) groups excluding carboxylic acids is 8. The Morgan fingerprint density at radius 2 is 0.703 bits per heavy atom. The average molecular weight is 1490 g/mol. The van der Waals surface area contributed by atoms with E-state index in [1.807, 2.05) is 90.1 Å². The van der Waals surface area contributed by atoms with E-state index in [1.54, 1.807) is 139 Å². The second-order valence-corrected chi connectivity index (χ2v) is 26.5. The Morgan fingerprint density at radius 3 is 0.891 bits per heavy atom. The molecule has 0 aliphatic carbocycles. The number of nitrogens with one attached hydrogen (secondary N) is 2. The van der Waals surface area contributed by atoms with Gasteiger partial charge in [-0.25, -0.2) is 28.8 Å². The van der Waals surface area contributed by atoms with Crippen LogP contribution in [0.25, 0.3) is 0 Å². The number of hydrogen-bond acceptors (Lipinski definition) is 21. The molecule has 0 heterocycles. The molecule has 0 aliphatic heterocycles. The molecule has 0 aliphatic rings. The highest BCUT2D eigenvalue weighted by Crippen LogP contribution is 2.17. The number of amides is 5. The number of hydrogen-bond donors (Lipinski definition) is 6. The molecule has 4 aromatic rings. The zero-order valence-electron chi connectivity index (χ0n) is 63.9. The molecular weight excluding hydrogens is 1370 g/mol. The van der Waals surface area contributed by atoms with Crippen molar-refractivity contribution in [2.75, 3.05) is 100 Å². The molecule has 576 valence electrons. The van der Waals surface area contributed by atoms with E-state index in [0.717, 1.165) is 29.5 Å². The van der Waals surface area contributed by atoms with Crippen LogP contribution < -0.4 is 31.6 Å². The quantitative estimate of drug-likeness (QED) is 0.0152. The van der Waals surface area contributed by atoms with Crippen molar-refractivity contribution in [3.8, 4) is 23.0 Å². The molecule has 101 heavy (non-hydrogen) atoms. The Morgan fingerprint density at radius 1 is 0.446 bits per heavy atom. The highest BCUT2D eigenvalue weighted by atomic mass is 35.5. The van der Waals surface area contributed by atoms with Crippen LogP contribution in [-0.2, 0) is 58.9 Å². The van der Waals surface area contributed by atoms with E-state index in [0.29, 0.717) is 62.9 Å². The Bertz CT molecular complexity index is 2830. The molecule has 0 aromatic heterocycles. The Labute approximate surface area is 616 Å². The second kappa shape index (κ2) is 57.6. The monoisotopic (exact) mass is 1490 g/mol. The number of alkyl carbamates (subject to hydrolysis) is 2. The van der Waals surface area contributed by atoms with Gasteiger partial charge in [0.15, 0.2) is 0 Å². The lowest BCUT2D eigenvalue weighted by Gasteiger charge is -2.20. The van der Waals surface area contributed by atoms with Gasteiger partial charge < -0.3 is 89.8 Å². The molecule has 26 nitrogen and oxygen atoms in total. The smallest absolute Gasteiger partial charge is 0.508 e. The molecule has 0 unspecified atom stereocenters. The molecule has 0 atom stereocenters.